The maximum Gasteiger partial charge on any atom is 0.127 e. The molecule has 0 saturated heterocycles. The fourth-order valence-electron chi connectivity index (χ4n) is 1.00. The molecule has 0 aliphatic rings. The number of hydrogen-bond acceptors (Lipinski definition) is 1. The van der Waals surface area contributed by atoms with Crippen molar-refractivity contribution in [1.82, 2.24) is 0 Å². The molecule has 1 nitrogen and oxygen atoms in total. The summed E-state index contributed by atoms with van der Waals surface area (Å²) in [6.07, 6.45) is 0. The molecular weight excluding hydrogens is 148 g/mol. The number of ether oxygens (including phenoxy) is 1. The maximum atomic E-state index is 5.09. The smallest absolute Gasteiger partial charge is 0.127 e. The second kappa shape index (κ2) is 3.18. The van der Waals surface area contributed by atoms with Crippen LogP contribution in [0.15, 0.2) is 18.2 Å². The van der Waals surface area contributed by atoms with E-state index >= 15 is 0 Å². The summed E-state index contributed by atoms with van der Waals surface area (Å²) < 4.78 is 5.09. The van der Waals surface area contributed by atoms with Crippen LogP contribution >= 0.6 is 0 Å². The van der Waals surface area contributed by atoms with Crippen LogP contribution in [0.1, 0.15) is 26.3 Å². The van der Waals surface area contributed by atoms with Crippen LogP contribution in [0.4, 0.5) is 0 Å². The fraction of sp³-hybridized carbons (Fsp3) is 0.455. The molecule has 0 spiro atoms. The zero-order chi connectivity index (χ0) is 9.19. The normalized spacial score (nSPS) is 11.3. The SMILES string of the molecule is COc1[c]c(C(C)(C)C)ccc1. The molecule has 0 fully saturated rings. The average Bonchev–Trinajstić information content (AvgIpc) is 2.03. The molecule has 1 radical (unpaired) electrons. The third-order valence-corrected chi connectivity index (χ3v) is 1.80. The van der Waals surface area contributed by atoms with E-state index in [0.717, 1.165) is 5.75 Å². The van der Waals surface area contributed by atoms with E-state index in [-0.39, 0.29) is 5.41 Å². The van der Waals surface area contributed by atoms with Crippen molar-refractivity contribution in [3.63, 3.8) is 0 Å². The van der Waals surface area contributed by atoms with E-state index < -0.39 is 0 Å². The summed E-state index contributed by atoms with van der Waals surface area (Å²) in [7, 11) is 1.66. The molecule has 65 valence electrons. The van der Waals surface area contributed by atoms with Gasteiger partial charge >= 0.3 is 0 Å². The Morgan fingerprint density at radius 3 is 2.42 bits per heavy atom. The molecule has 0 aromatic heterocycles. The molecule has 0 aliphatic heterocycles. The van der Waals surface area contributed by atoms with Gasteiger partial charge in [-0.2, -0.15) is 0 Å². The number of hydrogen-bond donors (Lipinski definition) is 0. The van der Waals surface area contributed by atoms with Crippen molar-refractivity contribution < 1.29 is 4.74 Å². The largest absolute Gasteiger partial charge is 0.496 e. The number of methoxy groups -OCH3 is 1. The first-order valence-corrected chi connectivity index (χ1v) is 4.11. The highest BCUT2D eigenvalue weighted by Gasteiger charge is 2.13. The first-order valence-electron chi connectivity index (χ1n) is 4.11. The molecule has 0 heterocycles. The molecule has 0 atom stereocenters. The quantitative estimate of drug-likeness (QED) is 0.618. The molecule has 1 aromatic rings. The third kappa shape index (κ3) is 2.00. The predicted molar refractivity (Wildman–Crippen MR) is 50.5 cm³/mol. The van der Waals surface area contributed by atoms with Gasteiger partial charge in [0.25, 0.3) is 0 Å². The minimum absolute atomic E-state index is 0.147. The minimum atomic E-state index is 0.147. The van der Waals surface area contributed by atoms with Crippen molar-refractivity contribution in [3.8, 4) is 5.75 Å². The summed E-state index contributed by atoms with van der Waals surface area (Å²) in [5.74, 6) is 0.808. The fourth-order valence-corrected chi connectivity index (χ4v) is 1.00. The van der Waals surface area contributed by atoms with Crippen LogP contribution in [0.2, 0.25) is 0 Å². The van der Waals surface area contributed by atoms with Gasteiger partial charge < -0.3 is 4.74 Å². The van der Waals surface area contributed by atoms with Crippen LogP contribution in [-0.2, 0) is 5.41 Å². The van der Waals surface area contributed by atoms with E-state index in [2.05, 4.69) is 32.9 Å². The Morgan fingerprint density at radius 1 is 1.25 bits per heavy atom. The summed E-state index contributed by atoms with van der Waals surface area (Å²) >= 11 is 0. The minimum Gasteiger partial charge on any atom is -0.496 e. The first-order chi connectivity index (χ1) is 5.54. The lowest BCUT2D eigenvalue weighted by atomic mass is 9.87. The van der Waals surface area contributed by atoms with Gasteiger partial charge in [-0.1, -0.05) is 32.9 Å². The van der Waals surface area contributed by atoms with Crippen molar-refractivity contribution in [2.75, 3.05) is 7.11 Å². The lowest BCUT2D eigenvalue weighted by Crippen LogP contribution is -2.10. The van der Waals surface area contributed by atoms with Gasteiger partial charge in [0, 0.05) is 6.07 Å². The van der Waals surface area contributed by atoms with E-state index in [4.69, 9.17) is 4.74 Å². The molecule has 0 amide bonds. The lowest BCUT2D eigenvalue weighted by molar-refractivity contribution is 0.411. The number of benzene rings is 1. The van der Waals surface area contributed by atoms with Crippen molar-refractivity contribution in [2.24, 2.45) is 0 Å². The molecule has 1 rings (SSSR count). The average molecular weight is 163 g/mol. The van der Waals surface area contributed by atoms with E-state index in [9.17, 15) is 0 Å². The van der Waals surface area contributed by atoms with Gasteiger partial charge in [0.15, 0.2) is 0 Å². The summed E-state index contributed by atoms with van der Waals surface area (Å²) in [4.78, 5) is 0. The predicted octanol–water partition coefficient (Wildman–Crippen LogP) is 2.79. The molecule has 0 unspecified atom stereocenters. The lowest BCUT2D eigenvalue weighted by Gasteiger charge is -2.18. The summed E-state index contributed by atoms with van der Waals surface area (Å²) in [5.41, 5.74) is 1.33. The molecule has 0 bridgehead atoms. The second-order valence-electron chi connectivity index (χ2n) is 3.88. The van der Waals surface area contributed by atoms with E-state index in [1.807, 2.05) is 12.1 Å². The van der Waals surface area contributed by atoms with Gasteiger partial charge in [0.05, 0.1) is 7.11 Å². The molecule has 1 heteroatoms. The van der Waals surface area contributed by atoms with Crippen LogP contribution in [0.5, 0.6) is 5.75 Å². The van der Waals surface area contributed by atoms with E-state index in [1.54, 1.807) is 7.11 Å². The Hall–Kier alpha value is -0.980. The summed E-state index contributed by atoms with van der Waals surface area (Å²) in [6.45, 7) is 6.49. The highest BCUT2D eigenvalue weighted by molar-refractivity contribution is 5.30. The van der Waals surface area contributed by atoms with Crippen LogP contribution in [-0.4, -0.2) is 7.11 Å². The third-order valence-electron chi connectivity index (χ3n) is 1.80. The van der Waals surface area contributed by atoms with E-state index in [1.165, 1.54) is 5.56 Å². The molecule has 0 N–H and O–H groups in total. The van der Waals surface area contributed by atoms with Gasteiger partial charge in [-0.15, -0.1) is 0 Å². The Balaban J connectivity index is 3.02. The Labute approximate surface area is 74.4 Å². The van der Waals surface area contributed by atoms with Gasteiger partial charge in [-0.25, -0.2) is 0 Å². The number of rotatable bonds is 1. The van der Waals surface area contributed by atoms with Crippen molar-refractivity contribution in [3.05, 3.63) is 29.8 Å². The summed E-state index contributed by atoms with van der Waals surface area (Å²) in [6, 6.07) is 9.19. The highest BCUT2D eigenvalue weighted by Crippen LogP contribution is 2.24. The van der Waals surface area contributed by atoms with Crippen molar-refractivity contribution in [1.29, 1.82) is 0 Å². The highest BCUT2D eigenvalue weighted by atomic mass is 16.5. The van der Waals surface area contributed by atoms with Gasteiger partial charge in [0.2, 0.25) is 0 Å². The zero-order valence-electron chi connectivity index (χ0n) is 8.14. The van der Waals surface area contributed by atoms with Crippen molar-refractivity contribution in [2.45, 2.75) is 26.2 Å². The van der Waals surface area contributed by atoms with Gasteiger partial charge in [-0.05, 0) is 17.0 Å². The van der Waals surface area contributed by atoms with Crippen LogP contribution in [0.25, 0.3) is 0 Å². The maximum absolute atomic E-state index is 5.09. The Morgan fingerprint density at radius 2 is 1.92 bits per heavy atom. The molecular formula is C11H15O. The second-order valence-corrected chi connectivity index (χ2v) is 3.88. The zero-order valence-corrected chi connectivity index (χ0v) is 8.14. The molecule has 0 saturated carbocycles. The Bertz CT molecular complexity index is 258. The first kappa shape index (κ1) is 9.11. The van der Waals surface area contributed by atoms with E-state index in [0.29, 0.717) is 0 Å². The topological polar surface area (TPSA) is 9.23 Å². The van der Waals surface area contributed by atoms with Crippen molar-refractivity contribution >= 4 is 0 Å². The summed E-state index contributed by atoms with van der Waals surface area (Å²) in [5, 5.41) is 0. The molecule has 12 heavy (non-hydrogen) atoms. The van der Waals surface area contributed by atoms with Crippen LogP contribution in [0, 0.1) is 6.07 Å². The monoisotopic (exact) mass is 163 g/mol. The molecule has 0 aliphatic carbocycles. The van der Waals surface area contributed by atoms with Gasteiger partial charge in [0.1, 0.15) is 5.75 Å². The standard InChI is InChI=1S/C11H15O/c1-11(2,3)9-6-5-7-10(8-9)12-4/h5-7H,1-4H3. The van der Waals surface area contributed by atoms with Gasteiger partial charge in [-0.3, -0.25) is 0 Å². The van der Waals surface area contributed by atoms with Crippen LogP contribution < -0.4 is 4.74 Å². The molecule has 1 aromatic carbocycles. The van der Waals surface area contributed by atoms with Crippen LogP contribution in [0.3, 0.4) is 0 Å². The Kier molecular flexibility index (Phi) is 2.41.